The van der Waals surface area contributed by atoms with E-state index in [0.717, 1.165) is 10.4 Å². The Bertz CT molecular complexity index is 1100. The van der Waals surface area contributed by atoms with Gasteiger partial charge >= 0.3 is 11.9 Å². The topological polar surface area (TPSA) is 154 Å². The molecule has 1 aliphatic rings. The average Bonchev–Trinajstić information content (AvgIpc) is 3.38. The lowest BCUT2D eigenvalue weighted by molar-refractivity contribution is -1.09. The first-order valence-electron chi connectivity index (χ1n) is 12.2. The molecule has 0 aliphatic carbocycles. The number of thiophene rings is 1. The number of hydroxylamine groups is 5. The Morgan fingerprint density at radius 3 is 2.34 bits per heavy atom. The molecule has 0 bridgehead atoms. The van der Waals surface area contributed by atoms with Gasteiger partial charge in [0.05, 0.1) is 24.9 Å². The Morgan fingerprint density at radius 1 is 1.11 bits per heavy atom. The van der Waals surface area contributed by atoms with Crippen LogP contribution in [0.1, 0.15) is 43.0 Å². The summed E-state index contributed by atoms with van der Waals surface area (Å²) in [5, 5.41) is 33.9. The quantitative estimate of drug-likeness (QED) is 0.276. The number of nitrogens with zero attached hydrogens (tertiary/aromatic N) is 2. The lowest BCUT2D eigenvalue weighted by Crippen LogP contribution is -2.59. The lowest BCUT2D eigenvalue weighted by Gasteiger charge is -2.42. The molecule has 2 N–H and O–H groups in total. The molecule has 2 heterocycles. The number of benzene rings is 1. The summed E-state index contributed by atoms with van der Waals surface area (Å²) in [4.78, 5) is 60.2. The van der Waals surface area contributed by atoms with E-state index in [4.69, 9.17) is 14.8 Å². The summed E-state index contributed by atoms with van der Waals surface area (Å²) in [5.41, 5.74) is -1.98. The molecule has 1 aromatic heterocycles. The number of amides is 1. The molecule has 1 amide bonds. The largest absolute Gasteiger partial charge is 0.547 e. The van der Waals surface area contributed by atoms with Crippen LogP contribution in [0.25, 0.3) is 0 Å². The van der Waals surface area contributed by atoms with Crippen LogP contribution in [0.4, 0.5) is 0 Å². The van der Waals surface area contributed by atoms with Crippen molar-refractivity contribution in [2.24, 2.45) is 0 Å². The Hall–Kier alpha value is -3.32. The number of carboxylic acid groups (broad SMARTS) is 2. The van der Waals surface area contributed by atoms with E-state index in [0.29, 0.717) is 38.9 Å². The van der Waals surface area contributed by atoms with Gasteiger partial charge in [-0.3, -0.25) is 19.3 Å². The highest BCUT2D eigenvalue weighted by Crippen LogP contribution is 2.28. The Labute approximate surface area is 224 Å². The molecular formula is C26H32N2O9S. The summed E-state index contributed by atoms with van der Waals surface area (Å²) in [6, 6.07) is 13.0. The first kappa shape index (κ1) is 29.2. The number of hydrogen-bond donors (Lipinski definition) is 2. The molecule has 1 atom stereocenters. The maximum atomic E-state index is 12.8. The van der Waals surface area contributed by atoms with E-state index in [9.17, 15) is 29.4 Å². The molecule has 1 unspecified atom stereocenters. The summed E-state index contributed by atoms with van der Waals surface area (Å²) < 4.78 is -0.159. The standard InChI is InChI=1S/C26H32N2O9S/c1-19(29)27(36-18-20-6-3-2-4-7-20)21-9-12-28(13-10-21,14-11-22-8-5-15-38-22)37-24(32)17-26(35,25(33)34)16-23(30)31/h2-8,15,21,35H,9-14,16-18H2,1H3,(H-,30,31,33,34). The molecule has 1 aliphatic heterocycles. The lowest BCUT2D eigenvalue weighted by atomic mass is 9.96. The number of carbonyl (C=O) groups is 4. The summed E-state index contributed by atoms with van der Waals surface area (Å²) >= 11 is 1.55. The van der Waals surface area contributed by atoms with Crippen LogP contribution in [0, 0.1) is 0 Å². The number of carbonyl (C=O) groups excluding carboxylic acids is 3. The van der Waals surface area contributed by atoms with Gasteiger partial charge in [0, 0.05) is 31.1 Å². The first-order valence-corrected chi connectivity index (χ1v) is 13.1. The number of aliphatic carboxylic acids is 2. The van der Waals surface area contributed by atoms with Crippen molar-refractivity contribution >= 4 is 35.2 Å². The highest BCUT2D eigenvalue weighted by Gasteiger charge is 2.43. The van der Waals surface area contributed by atoms with Crippen molar-refractivity contribution in [3.8, 4) is 0 Å². The number of hydrogen-bond acceptors (Lipinski definition) is 9. The molecule has 0 radical (unpaired) electrons. The van der Waals surface area contributed by atoms with Gasteiger partial charge in [0.1, 0.15) is 31.8 Å². The maximum absolute atomic E-state index is 12.8. The second-order valence-electron chi connectivity index (χ2n) is 9.42. The van der Waals surface area contributed by atoms with E-state index < -0.39 is 36.4 Å². The van der Waals surface area contributed by atoms with E-state index in [1.54, 1.807) is 11.3 Å². The number of piperidine rings is 1. The van der Waals surface area contributed by atoms with Crippen LogP contribution in [0.15, 0.2) is 47.8 Å². The zero-order chi connectivity index (χ0) is 27.8. The van der Waals surface area contributed by atoms with E-state index in [1.807, 2.05) is 47.8 Å². The molecular weight excluding hydrogens is 516 g/mol. The van der Waals surface area contributed by atoms with Crippen molar-refractivity contribution in [2.45, 2.75) is 57.3 Å². The molecule has 0 saturated carbocycles. The van der Waals surface area contributed by atoms with Crippen LogP contribution in [-0.4, -0.2) is 75.0 Å². The van der Waals surface area contributed by atoms with Gasteiger partial charge in [-0.1, -0.05) is 36.4 Å². The SMILES string of the molecule is CC(=O)N(OCc1ccccc1)C1CC[N+](CCc2cccs2)(OC(=O)CC(O)(CC(=O)O)C(=O)[O-])CC1. The van der Waals surface area contributed by atoms with E-state index in [1.165, 1.54) is 12.0 Å². The number of likely N-dealkylation sites (tertiary alicyclic amines) is 1. The predicted molar refractivity (Wildman–Crippen MR) is 133 cm³/mol. The summed E-state index contributed by atoms with van der Waals surface area (Å²) in [6.45, 7) is 2.63. The van der Waals surface area contributed by atoms with Crippen LogP contribution in [0.3, 0.4) is 0 Å². The van der Waals surface area contributed by atoms with Crippen LogP contribution in [0.5, 0.6) is 0 Å². The van der Waals surface area contributed by atoms with Gasteiger partial charge in [0.2, 0.25) is 5.91 Å². The summed E-state index contributed by atoms with van der Waals surface area (Å²) in [5.74, 6) is -4.96. The van der Waals surface area contributed by atoms with Crippen molar-refractivity contribution in [1.29, 1.82) is 0 Å². The Kier molecular flexibility index (Phi) is 9.97. The normalized spacial score (nSPS) is 20.7. The molecule has 3 rings (SSSR count). The van der Waals surface area contributed by atoms with Crippen molar-refractivity contribution in [1.82, 2.24) is 5.06 Å². The number of aliphatic hydroxyl groups is 1. The van der Waals surface area contributed by atoms with Gasteiger partial charge in [-0.2, -0.15) is 0 Å². The second-order valence-corrected chi connectivity index (χ2v) is 10.5. The van der Waals surface area contributed by atoms with Gasteiger partial charge < -0.3 is 20.1 Å². The number of carboxylic acids is 2. The minimum absolute atomic E-state index is 0.159. The van der Waals surface area contributed by atoms with Gasteiger partial charge in [-0.05, 0) is 17.0 Å². The average molecular weight is 549 g/mol. The third kappa shape index (κ3) is 8.09. The molecule has 1 fully saturated rings. The van der Waals surface area contributed by atoms with Crippen molar-refractivity contribution in [3.05, 3.63) is 58.3 Å². The van der Waals surface area contributed by atoms with Crippen LogP contribution >= 0.6 is 11.3 Å². The third-order valence-electron chi connectivity index (χ3n) is 6.50. The summed E-state index contributed by atoms with van der Waals surface area (Å²) in [7, 11) is 0. The molecule has 11 nitrogen and oxygen atoms in total. The molecule has 38 heavy (non-hydrogen) atoms. The third-order valence-corrected chi connectivity index (χ3v) is 7.43. The van der Waals surface area contributed by atoms with Crippen molar-refractivity contribution in [2.75, 3.05) is 19.6 Å². The zero-order valence-electron chi connectivity index (χ0n) is 21.1. The van der Waals surface area contributed by atoms with Crippen LogP contribution in [-0.2, 0) is 41.9 Å². The highest BCUT2D eigenvalue weighted by atomic mass is 32.1. The van der Waals surface area contributed by atoms with Gasteiger partial charge in [0.15, 0.2) is 0 Å². The van der Waals surface area contributed by atoms with Crippen molar-refractivity contribution < 1.29 is 48.8 Å². The van der Waals surface area contributed by atoms with E-state index >= 15 is 0 Å². The molecule has 1 aromatic carbocycles. The van der Waals surface area contributed by atoms with Gasteiger partial charge in [-0.15, -0.1) is 16.0 Å². The zero-order valence-corrected chi connectivity index (χ0v) is 21.9. The Balaban J connectivity index is 1.70. The fourth-order valence-electron chi connectivity index (χ4n) is 4.50. The fourth-order valence-corrected chi connectivity index (χ4v) is 5.20. The summed E-state index contributed by atoms with van der Waals surface area (Å²) in [6.07, 6.45) is -0.813. The minimum Gasteiger partial charge on any atom is -0.547 e. The van der Waals surface area contributed by atoms with E-state index in [2.05, 4.69) is 0 Å². The van der Waals surface area contributed by atoms with Crippen molar-refractivity contribution in [3.63, 3.8) is 0 Å². The molecule has 0 spiro atoms. The molecule has 2 aromatic rings. The predicted octanol–water partition coefficient (Wildman–Crippen LogP) is 1.05. The fraction of sp³-hybridized carbons (Fsp3) is 0.462. The number of rotatable bonds is 13. The van der Waals surface area contributed by atoms with Gasteiger partial charge in [-0.25, -0.2) is 9.86 Å². The maximum Gasteiger partial charge on any atom is 0.369 e. The molecule has 1 saturated heterocycles. The van der Waals surface area contributed by atoms with Crippen LogP contribution < -0.4 is 5.11 Å². The van der Waals surface area contributed by atoms with Gasteiger partial charge in [0.25, 0.3) is 0 Å². The number of quaternary nitrogens is 1. The van der Waals surface area contributed by atoms with E-state index in [-0.39, 0.29) is 23.2 Å². The monoisotopic (exact) mass is 548 g/mol. The smallest absolute Gasteiger partial charge is 0.369 e. The first-order chi connectivity index (χ1) is 18.0. The van der Waals surface area contributed by atoms with Crippen LogP contribution in [0.2, 0.25) is 0 Å². The molecule has 12 heteroatoms. The molecule has 206 valence electrons. The minimum atomic E-state index is -2.89. The highest BCUT2D eigenvalue weighted by molar-refractivity contribution is 7.09. The second kappa shape index (κ2) is 13.0. The Morgan fingerprint density at radius 2 is 1.79 bits per heavy atom.